The number of anilines is 2. The van der Waals surface area contributed by atoms with Crippen LogP contribution in [-0.4, -0.2) is 47.5 Å². The molecule has 0 radical (unpaired) electrons. The van der Waals surface area contributed by atoms with E-state index < -0.39 is 0 Å². The van der Waals surface area contributed by atoms with Crippen molar-refractivity contribution in [2.45, 2.75) is 51.1 Å². The Morgan fingerprint density at radius 1 is 1.13 bits per heavy atom. The first-order valence-corrected chi connectivity index (χ1v) is 11.6. The molecule has 0 atom stereocenters. The average Bonchev–Trinajstić information content (AvgIpc) is 3.46. The lowest BCUT2D eigenvalue weighted by molar-refractivity contribution is -0.119. The summed E-state index contributed by atoms with van der Waals surface area (Å²) < 4.78 is 0. The number of amides is 3. The monoisotopic (exact) mass is 425 g/mol. The highest BCUT2D eigenvalue weighted by Crippen LogP contribution is 2.30. The molecule has 30 heavy (non-hydrogen) atoms. The van der Waals surface area contributed by atoms with Crippen LogP contribution in [-0.2, 0) is 24.2 Å². The first-order chi connectivity index (χ1) is 14.7. The third-order valence-corrected chi connectivity index (χ3v) is 7.27. The summed E-state index contributed by atoms with van der Waals surface area (Å²) in [6, 6.07) is 8.29. The maximum absolute atomic E-state index is 12.9. The summed E-state index contributed by atoms with van der Waals surface area (Å²) in [4.78, 5) is 35.0. The molecule has 0 unspecified atom stereocenters. The highest BCUT2D eigenvalue weighted by molar-refractivity contribution is 7.15. The van der Waals surface area contributed by atoms with Gasteiger partial charge in [-0.05, 0) is 30.9 Å². The van der Waals surface area contributed by atoms with Crippen molar-refractivity contribution in [1.29, 1.82) is 0 Å². The number of nitrogens with one attached hydrogen (secondary N) is 2. The molecule has 1 aromatic heterocycles. The van der Waals surface area contributed by atoms with Crippen LogP contribution in [0, 0.1) is 0 Å². The van der Waals surface area contributed by atoms with E-state index in [0.29, 0.717) is 18.2 Å². The zero-order valence-electron chi connectivity index (χ0n) is 17.0. The molecule has 8 heteroatoms. The van der Waals surface area contributed by atoms with Gasteiger partial charge in [-0.15, -0.1) is 11.3 Å². The molecule has 7 nitrogen and oxygen atoms in total. The summed E-state index contributed by atoms with van der Waals surface area (Å²) in [6.45, 7) is 2.70. The summed E-state index contributed by atoms with van der Waals surface area (Å²) in [5.74, 6) is 0.155. The number of nitrogens with zero attached hydrogens (tertiary/aromatic N) is 3. The standard InChI is InChI=1S/C22H27N5O2S/c28-20(27-12-9-15-5-1-4-8-18(15)27)14-26-11-10-17-19(13-26)30-22(24-17)25-21(29)23-16-6-2-3-7-16/h1,4-5,8,16H,2-3,6-7,9-14H2,(H2,23,24,25,29). The van der Waals surface area contributed by atoms with Gasteiger partial charge in [0.2, 0.25) is 5.91 Å². The summed E-state index contributed by atoms with van der Waals surface area (Å²) in [6.07, 6.45) is 6.24. The van der Waals surface area contributed by atoms with Gasteiger partial charge in [0.15, 0.2) is 5.13 Å². The molecule has 0 saturated heterocycles. The summed E-state index contributed by atoms with van der Waals surface area (Å²) in [7, 11) is 0. The topological polar surface area (TPSA) is 77.6 Å². The number of aromatic nitrogens is 1. The number of urea groups is 1. The van der Waals surface area contributed by atoms with Gasteiger partial charge in [0.25, 0.3) is 0 Å². The molecule has 5 rings (SSSR count). The zero-order chi connectivity index (χ0) is 20.5. The van der Waals surface area contributed by atoms with Crippen molar-refractivity contribution in [1.82, 2.24) is 15.2 Å². The fourth-order valence-corrected chi connectivity index (χ4v) is 5.75. The Labute approximate surface area is 180 Å². The normalized spacial score (nSPS) is 18.9. The van der Waals surface area contributed by atoms with Crippen molar-refractivity contribution in [2.24, 2.45) is 0 Å². The van der Waals surface area contributed by atoms with E-state index >= 15 is 0 Å². The molecule has 0 spiro atoms. The van der Waals surface area contributed by atoms with Crippen LogP contribution >= 0.6 is 11.3 Å². The molecule has 158 valence electrons. The maximum atomic E-state index is 12.9. The molecule has 3 amide bonds. The van der Waals surface area contributed by atoms with Crippen molar-refractivity contribution in [3.05, 3.63) is 40.4 Å². The van der Waals surface area contributed by atoms with Crippen LogP contribution in [0.2, 0.25) is 0 Å². The van der Waals surface area contributed by atoms with E-state index in [2.05, 4.69) is 26.6 Å². The lowest BCUT2D eigenvalue weighted by Gasteiger charge is -2.27. The Kier molecular flexibility index (Phi) is 5.43. The van der Waals surface area contributed by atoms with Gasteiger partial charge in [0.1, 0.15) is 0 Å². The zero-order valence-corrected chi connectivity index (χ0v) is 17.8. The van der Waals surface area contributed by atoms with Gasteiger partial charge in [0, 0.05) is 42.7 Å². The smallest absolute Gasteiger partial charge is 0.321 e. The van der Waals surface area contributed by atoms with Gasteiger partial charge in [-0.2, -0.15) is 0 Å². The second kappa shape index (κ2) is 8.35. The van der Waals surface area contributed by atoms with Crippen LogP contribution in [0.1, 0.15) is 41.8 Å². The number of hydrogen-bond donors (Lipinski definition) is 2. The van der Waals surface area contributed by atoms with E-state index in [1.807, 2.05) is 23.1 Å². The second-order valence-electron chi connectivity index (χ2n) is 8.35. The highest BCUT2D eigenvalue weighted by Gasteiger charge is 2.28. The van der Waals surface area contributed by atoms with Crippen molar-refractivity contribution in [2.75, 3.05) is 29.9 Å². The molecule has 1 saturated carbocycles. The molecule has 1 aromatic carbocycles. The number of carbonyl (C=O) groups excluding carboxylic acids is 2. The Bertz CT molecular complexity index is 953. The maximum Gasteiger partial charge on any atom is 0.321 e. The van der Waals surface area contributed by atoms with E-state index in [1.165, 1.54) is 29.7 Å². The van der Waals surface area contributed by atoms with E-state index in [1.54, 1.807) is 0 Å². The van der Waals surface area contributed by atoms with Crippen LogP contribution in [0.5, 0.6) is 0 Å². The average molecular weight is 426 g/mol. The molecule has 0 bridgehead atoms. The number of rotatable bonds is 4. The van der Waals surface area contributed by atoms with Gasteiger partial charge < -0.3 is 10.2 Å². The van der Waals surface area contributed by atoms with E-state index in [0.717, 1.165) is 55.0 Å². The van der Waals surface area contributed by atoms with E-state index in [9.17, 15) is 9.59 Å². The molecule has 2 aromatic rings. The Morgan fingerprint density at radius 2 is 1.97 bits per heavy atom. The minimum atomic E-state index is -0.160. The van der Waals surface area contributed by atoms with E-state index in [4.69, 9.17) is 0 Å². The lowest BCUT2D eigenvalue weighted by Crippen LogP contribution is -2.41. The summed E-state index contributed by atoms with van der Waals surface area (Å²) >= 11 is 1.52. The molecule has 3 heterocycles. The second-order valence-corrected chi connectivity index (χ2v) is 9.44. The minimum absolute atomic E-state index is 0.155. The number of fused-ring (bicyclic) bond motifs is 2. The van der Waals surface area contributed by atoms with Gasteiger partial charge >= 0.3 is 6.03 Å². The largest absolute Gasteiger partial charge is 0.335 e. The third kappa shape index (κ3) is 4.06. The SMILES string of the molecule is O=C(Nc1nc2c(s1)CN(CC(=O)N1CCc3ccccc31)CC2)NC1CCCC1. The fraction of sp³-hybridized carbons (Fsp3) is 0.500. The number of para-hydroxylation sites is 1. The lowest BCUT2D eigenvalue weighted by atomic mass is 10.1. The van der Waals surface area contributed by atoms with Crippen LogP contribution in [0.25, 0.3) is 0 Å². The predicted octanol–water partition coefficient (Wildman–Crippen LogP) is 3.15. The van der Waals surface area contributed by atoms with Crippen molar-refractivity contribution in [3.63, 3.8) is 0 Å². The first kappa shape index (κ1) is 19.5. The van der Waals surface area contributed by atoms with Gasteiger partial charge in [-0.25, -0.2) is 9.78 Å². The fourth-order valence-electron chi connectivity index (χ4n) is 4.70. The van der Waals surface area contributed by atoms with Crippen molar-refractivity contribution >= 4 is 34.1 Å². The summed E-state index contributed by atoms with van der Waals surface area (Å²) in [5, 5.41) is 6.59. The van der Waals surface area contributed by atoms with Crippen LogP contribution in [0.15, 0.2) is 24.3 Å². The molecule has 2 N–H and O–H groups in total. The molecule has 3 aliphatic rings. The number of thiazole rings is 1. The first-order valence-electron chi connectivity index (χ1n) is 10.8. The van der Waals surface area contributed by atoms with Crippen LogP contribution in [0.3, 0.4) is 0 Å². The Morgan fingerprint density at radius 3 is 2.83 bits per heavy atom. The Hall–Kier alpha value is -2.45. The molecular weight excluding hydrogens is 398 g/mol. The molecule has 1 fully saturated rings. The van der Waals surface area contributed by atoms with Gasteiger partial charge in [-0.1, -0.05) is 31.0 Å². The summed E-state index contributed by atoms with van der Waals surface area (Å²) in [5.41, 5.74) is 3.35. The number of carbonyl (C=O) groups is 2. The highest BCUT2D eigenvalue weighted by atomic mass is 32.1. The van der Waals surface area contributed by atoms with Gasteiger partial charge in [0.05, 0.1) is 12.2 Å². The Balaban J connectivity index is 1.17. The van der Waals surface area contributed by atoms with Crippen LogP contribution in [0.4, 0.5) is 15.6 Å². The third-order valence-electron chi connectivity index (χ3n) is 6.27. The number of benzene rings is 1. The van der Waals surface area contributed by atoms with Crippen molar-refractivity contribution in [3.8, 4) is 0 Å². The quantitative estimate of drug-likeness (QED) is 0.789. The van der Waals surface area contributed by atoms with Crippen LogP contribution < -0.4 is 15.5 Å². The van der Waals surface area contributed by atoms with Crippen molar-refractivity contribution < 1.29 is 9.59 Å². The minimum Gasteiger partial charge on any atom is -0.335 e. The molecule has 1 aliphatic carbocycles. The number of hydrogen-bond acceptors (Lipinski definition) is 5. The molecule has 2 aliphatic heterocycles. The van der Waals surface area contributed by atoms with Gasteiger partial charge in [-0.3, -0.25) is 15.0 Å². The molecular formula is C22H27N5O2S. The van der Waals surface area contributed by atoms with E-state index in [-0.39, 0.29) is 18.0 Å². The predicted molar refractivity (Wildman–Crippen MR) is 118 cm³/mol.